The maximum Gasteiger partial charge on any atom is 0.403 e. The predicted molar refractivity (Wildman–Crippen MR) is 65.6 cm³/mol. The van der Waals surface area contributed by atoms with Crippen LogP contribution in [0.25, 0.3) is 0 Å². The Hall–Kier alpha value is -1.78. The number of allylic oxidation sites excluding steroid dienone is 1. The second-order valence-electron chi connectivity index (χ2n) is 3.94. The zero-order valence-electron chi connectivity index (χ0n) is 10.5. The number of esters is 1. The van der Waals surface area contributed by atoms with Crippen molar-refractivity contribution in [3.05, 3.63) is 48.6 Å². The molecule has 19 heavy (non-hydrogen) atoms. The van der Waals surface area contributed by atoms with Crippen LogP contribution in [0.4, 0.5) is 13.2 Å². The summed E-state index contributed by atoms with van der Waals surface area (Å²) in [6, 6.07) is 7.99. The van der Waals surface area contributed by atoms with Crippen molar-refractivity contribution in [1.29, 1.82) is 0 Å². The minimum atomic E-state index is -4.68. The Morgan fingerprint density at radius 2 is 1.95 bits per heavy atom. The van der Waals surface area contributed by atoms with Gasteiger partial charge in [-0.1, -0.05) is 36.4 Å². The van der Waals surface area contributed by atoms with Gasteiger partial charge in [0, 0.05) is 5.92 Å². The fourth-order valence-electron chi connectivity index (χ4n) is 1.86. The smallest absolute Gasteiger partial charge is 0.403 e. The van der Waals surface area contributed by atoms with Crippen LogP contribution in [-0.2, 0) is 9.53 Å². The molecule has 0 bridgehead atoms. The first-order chi connectivity index (χ1) is 8.91. The summed E-state index contributed by atoms with van der Waals surface area (Å²) in [5.74, 6) is -4.66. The number of ether oxygens (including phenoxy) is 1. The van der Waals surface area contributed by atoms with E-state index in [1.807, 2.05) is 0 Å². The van der Waals surface area contributed by atoms with Crippen LogP contribution in [0.3, 0.4) is 0 Å². The van der Waals surface area contributed by atoms with Crippen LogP contribution in [0.1, 0.15) is 18.4 Å². The Morgan fingerprint density at radius 3 is 2.37 bits per heavy atom. The Bertz CT molecular complexity index is 426. The molecule has 1 aromatic carbocycles. The normalized spacial score (nSPS) is 14.5. The molecule has 0 saturated carbocycles. The monoisotopic (exact) mass is 272 g/mol. The van der Waals surface area contributed by atoms with Gasteiger partial charge in [0.1, 0.15) is 0 Å². The summed E-state index contributed by atoms with van der Waals surface area (Å²) in [4.78, 5) is 11.6. The maximum atomic E-state index is 13.1. The number of carbonyl (C=O) groups is 1. The molecule has 0 spiro atoms. The van der Waals surface area contributed by atoms with Crippen molar-refractivity contribution in [2.45, 2.75) is 19.0 Å². The highest BCUT2D eigenvalue weighted by atomic mass is 19.4. The molecule has 0 saturated heterocycles. The third kappa shape index (κ3) is 3.84. The van der Waals surface area contributed by atoms with Crippen LogP contribution < -0.4 is 0 Å². The SMILES string of the molecule is C=CC(c1ccccc1)C(C(=O)OCC)C(F)(F)F. The molecule has 1 aromatic rings. The highest BCUT2D eigenvalue weighted by Gasteiger charge is 2.50. The summed E-state index contributed by atoms with van der Waals surface area (Å²) in [5, 5.41) is 0. The van der Waals surface area contributed by atoms with E-state index in [9.17, 15) is 18.0 Å². The van der Waals surface area contributed by atoms with E-state index >= 15 is 0 Å². The lowest BCUT2D eigenvalue weighted by Crippen LogP contribution is -2.36. The quantitative estimate of drug-likeness (QED) is 0.603. The summed E-state index contributed by atoms with van der Waals surface area (Å²) in [7, 11) is 0. The van der Waals surface area contributed by atoms with Gasteiger partial charge in [-0.25, -0.2) is 0 Å². The second kappa shape index (κ2) is 6.41. The van der Waals surface area contributed by atoms with Gasteiger partial charge in [0.15, 0.2) is 5.92 Å². The first-order valence-corrected chi connectivity index (χ1v) is 5.82. The Kier molecular flexibility index (Phi) is 5.15. The van der Waals surface area contributed by atoms with Crippen LogP contribution >= 0.6 is 0 Å². The molecule has 0 aliphatic heterocycles. The summed E-state index contributed by atoms with van der Waals surface area (Å²) in [5.41, 5.74) is 0.382. The fraction of sp³-hybridized carbons (Fsp3) is 0.357. The molecule has 0 aromatic heterocycles. The largest absolute Gasteiger partial charge is 0.465 e. The van der Waals surface area contributed by atoms with Crippen molar-refractivity contribution in [2.24, 2.45) is 5.92 Å². The zero-order valence-corrected chi connectivity index (χ0v) is 10.5. The second-order valence-corrected chi connectivity index (χ2v) is 3.94. The summed E-state index contributed by atoms with van der Waals surface area (Å²) < 4.78 is 43.7. The molecule has 2 unspecified atom stereocenters. The predicted octanol–water partition coefficient (Wildman–Crippen LogP) is 3.70. The average molecular weight is 272 g/mol. The number of carbonyl (C=O) groups excluding carboxylic acids is 1. The molecule has 2 nitrogen and oxygen atoms in total. The molecule has 2 atom stereocenters. The van der Waals surface area contributed by atoms with E-state index in [0.717, 1.165) is 6.08 Å². The van der Waals surface area contributed by atoms with Crippen molar-refractivity contribution < 1.29 is 22.7 Å². The molecule has 0 amide bonds. The molecule has 104 valence electrons. The van der Waals surface area contributed by atoms with Crippen LogP contribution in [0.5, 0.6) is 0 Å². The van der Waals surface area contributed by atoms with Gasteiger partial charge >= 0.3 is 12.1 Å². The third-order valence-corrected chi connectivity index (χ3v) is 2.69. The first-order valence-electron chi connectivity index (χ1n) is 5.82. The molecule has 0 N–H and O–H groups in total. The van der Waals surface area contributed by atoms with Crippen LogP contribution in [0, 0.1) is 5.92 Å². The molecule has 0 heterocycles. The number of hydrogen-bond donors (Lipinski definition) is 0. The van der Waals surface area contributed by atoms with E-state index in [-0.39, 0.29) is 6.61 Å². The van der Waals surface area contributed by atoms with Gasteiger partial charge < -0.3 is 4.74 Å². The van der Waals surface area contributed by atoms with Crippen molar-refractivity contribution in [2.75, 3.05) is 6.61 Å². The van der Waals surface area contributed by atoms with E-state index in [1.165, 1.54) is 19.1 Å². The molecular weight excluding hydrogens is 257 g/mol. The topological polar surface area (TPSA) is 26.3 Å². The molecule has 0 radical (unpaired) electrons. The summed E-state index contributed by atoms with van der Waals surface area (Å²) >= 11 is 0. The third-order valence-electron chi connectivity index (χ3n) is 2.69. The number of halogens is 3. The van der Waals surface area contributed by atoms with Gasteiger partial charge in [0.25, 0.3) is 0 Å². The lowest BCUT2D eigenvalue weighted by Gasteiger charge is -2.25. The summed E-state index contributed by atoms with van der Waals surface area (Å²) in [6.07, 6.45) is -3.55. The molecule has 0 aliphatic rings. The van der Waals surface area contributed by atoms with Gasteiger partial charge in [0.05, 0.1) is 6.61 Å². The van der Waals surface area contributed by atoms with E-state index < -0.39 is 24.0 Å². The minimum absolute atomic E-state index is 0.0932. The Balaban J connectivity index is 3.15. The van der Waals surface area contributed by atoms with E-state index in [1.54, 1.807) is 18.2 Å². The number of hydrogen-bond acceptors (Lipinski definition) is 2. The average Bonchev–Trinajstić information content (AvgIpc) is 2.35. The van der Waals surface area contributed by atoms with Crippen molar-refractivity contribution >= 4 is 5.97 Å². The minimum Gasteiger partial charge on any atom is -0.465 e. The van der Waals surface area contributed by atoms with Crippen LogP contribution in [0.15, 0.2) is 43.0 Å². The molecule has 0 fully saturated rings. The molecule has 1 rings (SSSR count). The Morgan fingerprint density at radius 1 is 1.37 bits per heavy atom. The standard InChI is InChI=1S/C14H15F3O2/c1-3-11(10-8-6-5-7-9-10)12(14(15,16)17)13(18)19-4-2/h3,5-9,11-12H,1,4H2,2H3. The number of rotatable bonds is 5. The number of alkyl halides is 3. The van der Waals surface area contributed by atoms with E-state index in [0.29, 0.717) is 5.56 Å². The number of benzene rings is 1. The maximum absolute atomic E-state index is 13.1. The fourth-order valence-corrected chi connectivity index (χ4v) is 1.86. The van der Waals surface area contributed by atoms with E-state index in [2.05, 4.69) is 11.3 Å². The van der Waals surface area contributed by atoms with Crippen LogP contribution in [-0.4, -0.2) is 18.8 Å². The van der Waals surface area contributed by atoms with Crippen molar-refractivity contribution in [3.8, 4) is 0 Å². The highest BCUT2D eigenvalue weighted by molar-refractivity contribution is 5.75. The van der Waals surface area contributed by atoms with Gasteiger partial charge in [-0.05, 0) is 12.5 Å². The van der Waals surface area contributed by atoms with Crippen LogP contribution in [0.2, 0.25) is 0 Å². The van der Waals surface area contributed by atoms with Gasteiger partial charge in [0.2, 0.25) is 0 Å². The molecule has 5 heteroatoms. The van der Waals surface area contributed by atoms with E-state index in [4.69, 9.17) is 0 Å². The highest BCUT2D eigenvalue weighted by Crippen LogP contribution is 2.39. The molecular formula is C14H15F3O2. The van der Waals surface area contributed by atoms with Gasteiger partial charge in [-0.3, -0.25) is 4.79 Å². The summed E-state index contributed by atoms with van der Waals surface area (Å²) in [6.45, 7) is 4.78. The van der Waals surface area contributed by atoms with Gasteiger partial charge in [-0.15, -0.1) is 6.58 Å². The Labute approximate surface area is 109 Å². The lowest BCUT2D eigenvalue weighted by atomic mass is 9.85. The van der Waals surface area contributed by atoms with Crippen molar-refractivity contribution in [1.82, 2.24) is 0 Å². The first kappa shape index (κ1) is 15.3. The molecule has 0 aliphatic carbocycles. The van der Waals surface area contributed by atoms with Gasteiger partial charge in [-0.2, -0.15) is 13.2 Å². The van der Waals surface area contributed by atoms with Crippen molar-refractivity contribution in [3.63, 3.8) is 0 Å². The zero-order chi connectivity index (χ0) is 14.5. The lowest BCUT2D eigenvalue weighted by molar-refractivity contribution is -0.199.